The molecule has 0 aromatic heterocycles. The van der Waals surface area contributed by atoms with Gasteiger partial charge in [0.25, 0.3) is 5.69 Å². The van der Waals surface area contributed by atoms with Crippen LogP contribution < -0.4 is 5.32 Å². The number of anilines is 1. The highest BCUT2D eigenvalue weighted by Gasteiger charge is 2.14. The Labute approximate surface area is 130 Å². The molecule has 104 valence electrons. The van der Waals surface area contributed by atoms with Crippen molar-refractivity contribution in [3.8, 4) is 0 Å². The van der Waals surface area contributed by atoms with E-state index in [0.29, 0.717) is 26.3 Å². The Bertz CT molecular complexity index is 662. The van der Waals surface area contributed by atoms with E-state index in [-0.39, 0.29) is 12.2 Å². The zero-order valence-electron chi connectivity index (χ0n) is 10.1. The van der Waals surface area contributed by atoms with Gasteiger partial charge in [0.2, 0.25) is 0 Å². The second-order valence-electron chi connectivity index (χ2n) is 4.01. The van der Waals surface area contributed by atoms with E-state index < -0.39 is 4.92 Å². The molecule has 0 fully saturated rings. The number of nitro benzene ring substituents is 1. The van der Waals surface area contributed by atoms with Crippen LogP contribution in [0.15, 0.2) is 36.4 Å². The topological polar surface area (TPSA) is 55.2 Å². The standard InChI is InChI=1S/C13H9Cl3N2O2/c14-9-2-4-13(18(19)20)8(5-9)7-17-12-3-1-10(15)6-11(12)16/h1-6,17H,7H2. The van der Waals surface area contributed by atoms with Crippen molar-refractivity contribution in [2.45, 2.75) is 6.54 Å². The van der Waals surface area contributed by atoms with Gasteiger partial charge >= 0.3 is 0 Å². The van der Waals surface area contributed by atoms with E-state index in [2.05, 4.69) is 5.32 Å². The number of nitrogens with zero attached hydrogens (tertiary/aromatic N) is 1. The lowest BCUT2D eigenvalue weighted by Gasteiger charge is -2.09. The van der Waals surface area contributed by atoms with Gasteiger partial charge in [-0.15, -0.1) is 0 Å². The van der Waals surface area contributed by atoms with Crippen LogP contribution in [0.5, 0.6) is 0 Å². The maximum Gasteiger partial charge on any atom is 0.274 e. The van der Waals surface area contributed by atoms with Crippen LogP contribution in [0.2, 0.25) is 15.1 Å². The van der Waals surface area contributed by atoms with Gasteiger partial charge < -0.3 is 5.32 Å². The van der Waals surface area contributed by atoms with Crippen LogP contribution in [-0.4, -0.2) is 4.92 Å². The van der Waals surface area contributed by atoms with Crippen molar-refractivity contribution in [3.05, 3.63) is 67.1 Å². The van der Waals surface area contributed by atoms with E-state index in [1.807, 2.05) is 0 Å². The first-order chi connectivity index (χ1) is 9.47. The molecule has 2 rings (SSSR count). The third-order valence-electron chi connectivity index (χ3n) is 2.64. The lowest BCUT2D eigenvalue weighted by Crippen LogP contribution is -2.03. The first-order valence-corrected chi connectivity index (χ1v) is 6.72. The number of nitrogens with one attached hydrogen (secondary N) is 1. The van der Waals surface area contributed by atoms with Crippen LogP contribution in [0, 0.1) is 10.1 Å². The summed E-state index contributed by atoms with van der Waals surface area (Å²) < 4.78 is 0. The molecule has 0 heterocycles. The van der Waals surface area contributed by atoms with Gasteiger partial charge in [0.1, 0.15) is 0 Å². The van der Waals surface area contributed by atoms with Gasteiger partial charge in [-0.05, 0) is 30.3 Å². The van der Waals surface area contributed by atoms with Gasteiger partial charge in [0, 0.05) is 22.7 Å². The average molecular weight is 332 g/mol. The Morgan fingerprint density at radius 1 is 1.05 bits per heavy atom. The van der Waals surface area contributed by atoms with Crippen molar-refractivity contribution in [2.24, 2.45) is 0 Å². The summed E-state index contributed by atoms with van der Waals surface area (Å²) in [6.07, 6.45) is 0. The predicted molar refractivity (Wildman–Crippen MR) is 81.9 cm³/mol. The molecule has 0 aliphatic heterocycles. The van der Waals surface area contributed by atoms with E-state index in [9.17, 15) is 10.1 Å². The summed E-state index contributed by atoms with van der Waals surface area (Å²) in [6, 6.07) is 9.40. The Morgan fingerprint density at radius 2 is 1.70 bits per heavy atom. The smallest absolute Gasteiger partial charge is 0.274 e. The number of rotatable bonds is 4. The zero-order valence-corrected chi connectivity index (χ0v) is 12.3. The summed E-state index contributed by atoms with van der Waals surface area (Å²) in [5, 5.41) is 15.4. The minimum atomic E-state index is -0.448. The summed E-state index contributed by atoms with van der Waals surface area (Å²) in [5.41, 5.74) is 1.13. The molecule has 0 aliphatic rings. The maximum absolute atomic E-state index is 10.9. The van der Waals surface area contributed by atoms with E-state index in [0.717, 1.165) is 0 Å². The molecule has 2 aromatic rings. The third kappa shape index (κ3) is 3.54. The summed E-state index contributed by atoms with van der Waals surface area (Å²) >= 11 is 17.7. The number of nitro groups is 1. The second kappa shape index (κ2) is 6.31. The van der Waals surface area contributed by atoms with Crippen molar-refractivity contribution in [1.82, 2.24) is 0 Å². The van der Waals surface area contributed by atoms with Gasteiger partial charge in [0.05, 0.1) is 21.2 Å². The largest absolute Gasteiger partial charge is 0.379 e. The highest BCUT2D eigenvalue weighted by molar-refractivity contribution is 6.36. The van der Waals surface area contributed by atoms with Crippen molar-refractivity contribution in [3.63, 3.8) is 0 Å². The minimum absolute atomic E-state index is 0.00647. The predicted octanol–water partition coefficient (Wildman–Crippen LogP) is 5.17. The van der Waals surface area contributed by atoms with Gasteiger partial charge in [-0.2, -0.15) is 0 Å². The zero-order chi connectivity index (χ0) is 14.7. The highest BCUT2D eigenvalue weighted by atomic mass is 35.5. The summed E-state index contributed by atoms with van der Waals surface area (Å²) in [6.45, 7) is 0.234. The quantitative estimate of drug-likeness (QED) is 0.621. The van der Waals surface area contributed by atoms with E-state index in [4.69, 9.17) is 34.8 Å². The van der Waals surface area contributed by atoms with E-state index in [1.165, 1.54) is 12.1 Å². The minimum Gasteiger partial charge on any atom is -0.379 e. The Hall–Kier alpha value is -1.49. The molecule has 0 aliphatic carbocycles. The van der Waals surface area contributed by atoms with Crippen molar-refractivity contribution in [1.29, 1.82) is 0 Å². The van der Waals surface area contributed by atoms with Crippen LogP contribution in [0.4, 0.5) is 11.4 Å². The van der Waals surface area contributed by atoms with Gasteiger partial charge in [-0.3, -0.25) is 10.1 Å². The first-order valence-electron chi connectivity index (χ1n) is 5.59. The molecule has 4 nitrogen and oxygen atoms in total. The Kier molecular flexibility index (Phi) is 4.70. The molecule has 7 heteroatoms. The molecule has 0 bridgehead atoms. The van der Waals surface area contributed by atoms with E-state index in [1.54, 1.807) is 24.3 Å². The Balaban J connectivity index is 2.22. The van der Waals surface area contributed by atoms with Crippen LogP contribution in [0.1, 0.15) is 5.56 Å². The number of hydrogen-bond acceptors (Lipinski definition) is 3. The van der Waals surface area contributed by atoms with Crippen molar-refractivity contribution < 1.29 is 4.92 Å². The lowest BCUT2D eigenvalue weighted by molar-refractivity contribution is -0.385. The monoisotopic (exact) mass is 330 g/mol. The van der Waals surface area contributed by atoms with E-state index >= 15 is 0 Å². The molecule has 0 amide bonds. The lowest BCUT2D eigenvalue weighted by atomic mass is 10.1. The highest BCUT2D eigenvalue weighted by Crippen LogP contribution is 2.28. The maximum atomic E-state index is 10.9. The molecule has 20 heavy (non-hydrogen) atoms. The molecule has 0 saturated heterocycles. The summed E-state index contributed by atoms with van der Waals surface area (Å²) in [7, 11) is 0. The molecule has 0 spiro atoms. The van der Waals surface area contributed by atoms with Crippen molar-refractivity contribution >= 4 is 46.2 Å². The number of halogens is 3. The van der Waals surface area contributed by atoms with Crippen LogP contribution >= 0.6 is 34.8 Å². The first kappa shape index (κ1) is 14.9. The van der Waals surface area contributed by atoms with Crippen molar-refractivity contribution in [2.75, 3.05) is 5.32 Å². The number of hydrogen-bond donors (Lipinski definition) is 1. The van der Waals surface area contributed by atoms with Crippen LogP contribution in [0.3, 0.4) is 0 Å². The third-order valence-corrected chi connectivity index (χ3v) is 3.42. The number of benzene rings is 2. The molecule has 0 atom stereocenters. The molecule has 0 saturated carbocycles. The van der Waals surface area contributed by atoms with Crippen LogP contribution in [-0.2, 0) is 6.54 Å². The molecular formula is C13H9Cl3N2O2. The Morgan fingerprint density at radius 3 is 2.35 bits per heavy atom. The molecular weight excluding hydrogens is 323 g/mol. The second-order valence-corrected chi connectivity index (χ2v) is 5.29. The van der Waals surface area contributed by atoms with Gasteiger partial charge in [0.15, 0.2) is 0 Å². The SMILES string of the molecule is O=[N+]([O-])c1ccc(Cl)cc1CNc1ccc(Cl)cc1Cl. The fraction of sp³-hybridized carbons (Fsp3) is 0.0769. The molecule has 1 N–H and O–H groups in total. The molecule has 0 radical (unpaired) electrons. The summed E-state index contributed by atoms with van der Waals surface area (Å²) in [4.78, 5) is 10.5. The fourth-order valence-electron chi connectivity index (χ4n) is 1.70. The van der Waals surface area contributed by atoms with Crippen LogP contribution in [0.25, 0.3) is 0 Å². The van der Waals surface area contributed by atoms with Gasteiger partial charge in [-0.1, -0.05) is 34.8 Å². The fourth-order valence-corrected chi connectivity index (χ4v) is 2.37. The average Bonchev–Trinajstić information content (AvgIpc) is 2.37. The normalized spacial score (nSPS) is 10.3. The van der Waals surface area contributed by atoms with Gasteiger partial charge in [-0.25, -0.2) is 0 Å². The molecule has 2 aromatic carbocycles. The summed E-state index contributed by atoms with van der Waals surface area (Å²) in [5.74, 6) is 0. The molecule has 0 unspecified atom stereocenters.